The fourth-order valence-corrected chi connectivity index (χ4v) is 3.24. The molecule has 0 bridgehead atoms. The predicted molar refractivity (Wildman–Crippen MR) is 63.4 cm³/mol. The summed E-state index contributed by atoms with van der Waals surface area (Å²) in [4.78, 5) is 2.52. The molecule has 0 aromatic heterocycles. The molecule has 2 fully saturated rings. The van der Waals surface area contributed by atoms with Crippen molar-refractivity contribution in [3.63, 3.8) is 0 Å². The van der Waals surface area contributed by atoms with Gasteiger partial charge in [0.2, 0.25) is 0 Å². The monoisotopic (exact) mass is 228 g/mol. The van der Waals surface area contributed by atoms with E-state index in [1.807, 2.05) is 0 Å². The second-order valence-electron chi connectivity index (χ2n) is 5.19. The Morgan fingerprint density at radius 1 is 1.19 bits per heavy atom. The van der Waals surface area contributed by atoms with Gasteiger partial charge in [-0.15, -0.1) is 0 Å². The largest absolute Gasteiger partial charge is 0.379 e. The van der Waals surface area contributed by atoms with Crippen molar-refractivity contribution < 1.29 is 9.47 Å². The van der Waals surface area contributed by atoms with Gasteiger partial charge in [-0.1, -0.05) is 0 Å². The highest BCUT2D eigenvalue weighted by Gasteiger charge is 2.42. The van der Waals surface area contributed by atoms with Crippen LogP contribution >= 0.6 is 0 Å². The van der Waals surface area contributed by atoms with Gasteiger partial charge in [-0.3, -0.25) is 4.90 Å². The van der Waals surface area contributed by atoms with Gasteiger partial charge in [-0.2, -0.15) is 0 Å². The van der Waals surface area contributed by atoms with Gasteiger partial charge in [-0.25, -0.2) is 0 Å². The quantitative estimate of drug-likeness (QED) is 0.752. The second-order valence-corrected chi connectivity index (χ2v) is 5.19. The van der Waals surface area contributed by atoms with E-state index in [9.17, 15) is 0 Å². The number of rotatable bonds is 2. The molecule has 0 amide bonds. The van der Waals surface area contributed by atoms with Crippen molar-refractivity contribution >= 4 is 0 Å². The Hall–Kier alpha value is -0.160. The molecule has 2 rings (SSSR count). The summed E-state index contributed by atoms with van der Waals surface area (Å²) in [5.74, 6) is 0. The molecule has 0 aromatic rings. The predicted octanol–water partition coefficient (Wildman–Crippen LogP) is 0.604. The van der Waals surface area contributed by atoms with Crippen LogP contribution in [0.25, 0.3) is 0 Å². The third-order valence-electron chi connectivity index (χ3n) is 3.86. The molecule has 2 heterocycles. The van der Waals surface area contributed by atoms with Crippen LogP contribution in [0, 0.1) is 0 Å². The van der Waals surface area contributed by atoms with Crippen LogP contribution in [0.3, 0.4) is 0 Å². The van der Waals surface area contributed by atoms with E-state index >= 15 is 0 Å². The molecule has 2 aliphatic heterocycles. The molecule has 2 N–H and O–H groups in total. The summed E-state index contributed by atoms with van der Waals surface area (Å²) in [5.41, 5.74) is 6.20. The summed E-state index contributed by atoms with van der Waals surface area (Å²) in [6.07, 6.45) is 2.73. The van der Waals surface area contributed by atoms with Gasteiger partial charge in [0.1, 0.15) is 0 Å². The van der Waals surface area contributed by atoms with E-state index in [1.54, 1.807) is 0 Å². The molecule has 4 nitrogen and oxygen atoms in total. The number of nitrogens with zero attached hydrogens (tertiary/aromatic N) is 1. The first-order valence-electron chi connectivity index (χ1n) is 6.34. The maximum Gasteiger partial charge on any atom is 0.0594 e. The Kier molecular flexibility index (Phi) is 3.85. The van der Waals surface area contributed by atoms with E-state index in [-0.39, 0.29) is 5.54 Å². The van der Waals surface area contributed by atoms with Crippen LogP contribution in [0.2, 0.25) is 0 Å². The van der Waals surface area contributed by atoms with Gasteiger partial charge in [0.25, 0.3) is 0 Å². The molecule has 0 radical (unpaired) electrons. The maximum absolute atomic E-state index is 6.06. The number of nitrogens with two attached hydrogens (primary N) is 1. The minimum atomic E-state index is 0.140. The molecule has 1 unspecified atom stereocenters. The minimum Gasteiger partial charge on any atom is -0.379 e. The zero-order chi connectivity index (χ0) is 11.6. The van der Waals surface area contributed by atoms with Crippen molar-refractivity contribution in [1.29, 1.82) is 0 Å². The van der Waals surface area contributed by atoms with E-state index in [0.717, 1.165) is 45.7 Å². The van der Waals surface area contributed by atoms with Gasteiger partial charge in [0, 0.05) is 25.2 Å². The van der Waals surface area contributed by atoms with Crippen LogP contribution in [0.1, 0.15) is 26.7 Å². The highest BCUT2D eigenvalue weighted by molar-refractivity contribution is 4.98. The third kappa shape index (κ3) is 2.40. The number of hydrogen-bond donors (Lipinski definition) is 1. The Morgan fingerprint density at radius 3 is 2.25 bits per heavy atom. The normalized spacial score (nSPS) is 42.2. The topological polar surface area (TPSA) is 47.7 Å². The zero-order valence-electron chi connectivity index (χ0n) is 10.4. The van der Waals surface area contributed by atoms with E-state index in [2.05, 4.69) is 18.7 Å². The molecule has 94 valence electrons. The number of morpholine rings is 1. The molecule has 3 atom stereocenters. The Bertz CT molecular complexity index is 219. The third-order valence-corrected chi connectivity index (χ3v) is 3.86. The maximum atomic E-state index is 6.06. The van der Waals surface area contributed by atoms with E-state index in [4.69, 9.17) is 15.2 Å². The molecule has 0 spiro atoms. The lowest BCUT2D eigenvalue weighted by molar-refractivity contribution is -0.120. The van der Waals surface area contributed by atoms with Crippen LogP contribution in [0.5, 0.6) is 0 Å². The lowest BCUT2D eigenvalue weighted by Crippen LogP contribution is -2.62. The molecule has 2 saturated heterocycles. The smallest absolute Gasteiger partial charge is 0.0594 e. The summed E-state index contributed by atoms with van der Waals surface area (Å²) >= 11 is 0. The average Bonchev–Trinajstić information content (AvgIpc) is 2.29. The molecular formula is C12H24N2O2. The lowest BCUT2D eigenvalue weighted by atomic mass is 9.82. The van der Waals surface area contributed by atoms with Crippen molar-refractivity contribution in [2.75, 3.05) is 32.8 Å². The molecule has 0 saturated carbocycles. The van der Waals surface area contributed by atoms with Gasteiger partial charge in [-0.05, 0) is 26.7 Å². The Balaban J connectivity index is 2.09. The Morgan fingerprint density at radius 2 is 1.75 bits per heavy atom. The van der Waals surface area contributed by atoms with Crippen LogP contribution in [-0.4, -0.2) is 55.5 Å². The van der Waals surface area contributed by atoms with Crippen molar-refractivity contribution in [2.24, 2.45) is 5.73 Å². The van der Waals surface area contributed by atoms with Crippen molar-refractivity contribution in [2.45, 2.75) is 44.4 Å². The number of ether oxygens (including phenoxy) is 2. The molecule has 16 heavy (non-hydrogen) atoms. The van der Waals surface area contributed by atoms with Crippen molar-refractivity contribution in [3.05, 3.63) is 0 Å². The van der Waals surface area contributed by atoms with Gasteiger partial charge < -0.3 is 15.2 Å². The van der Waals surface area contributed by atoms with Crippen LogP contribution < -0.4 is 5.73 Å². The molecule has 0 aromatic carbocycles. The average molecular weight is 228 g/mol. The number of hydrogen-bond acceptors (Lipinski definition) is 4. The Labute approximate surface area is 98.1 Å². The summed E-state index contributed by atoms with van der Waals surface area (Å²) in [6, 6.07) is 0. The minimum absolute atomic E-state index is 0.140. The summed E-state index contributed by atoms with van der Waals surface area (Å²) in [5, 5.41) is 0. The first-order chi connectivity index (χ1) is 7.66. The highest BCUT2D eigenvalue weighted by Crippen LogP contribution is 2.33. The van der Waals surface area contributed by atoms with Crippen LogP contribution in [0.4, 0.5) is 0 Å². The summed E-state index contributed by atoms with van der Waals surface area (Å²) < 4.78 is 11.2. The zero-order valence-corrected chi connectivity index (χ0v) is 10.4. The molecule has 2 aliphatic rings. The first-order valence-corrected chi connectivity index (χ1v) is 6.34. The van der Waals surface area contributed by atoms with Crippen LogP contribution in [-0.2, 0) is 9.47 Å². The highest BCUT2D eigenvalue weighted by atomic mass is 16.5. The first kappa shape index (κ1) is 12.3. The molecule has 4 heteroatoms. The van der Waals surface area contributed by atoms with E-state index in [1.165, 1.54) is 0 Å². The fraction of sp³-hybridized carbons (Fsp3) is 1.00. The fourth-order valence-electron chi connectivity index (χ4n) is 3.24. The van der Waals surface area contributed by atoms with Gasteiger partial charge in [0.05, 0.1) is 25.4 Å². The standard InChI is InChI=1S/C12H24N2O2/c1-10-7-12(9-13,8-11(2)16-10)14-3-5-15-6-4-14/h10-11H,3-9,13H2,1-2H3/t10-,11+,12?. The molecular weight excluding hydrogens is 204 g/mol. The van der Waals surface area contributed by atoms with Crippen molar-refractivity contribution in [1.82, 2.24) is 4.90 Å². The van der Waals surface area contributed by atoms with Gasteiger partial charge in [0.15, 0.2) is 0 Å². The lowest BCUT2D eigenvalue weighted by Gasteiger charge is -2.50. The van der Waals surface area contributed by atoms with Crippen LogP contribution in [0.15, 0.2) is 0 Å². The molecule has 0 aliphatic carbocycles. The summed E-state index contributed by atoms with van der Waals surface area (Å²) in [7, 11) is 0. The van der Waals surface area contributed by atoms with E-state index < -0.39 is 0 Å². The van der Waals surface area contributed by atoms with E-state index in [0.29, 0.717) is 12.2 Å². The SMILES string of the molecule is C[C@@H]1CC(CN)(N2CCOCC2)C[C@H](C)O1. The second kappa shape index (κ2) is 5.00. The summed E-state index contributed by atoms with van der Waals surface area (Å²) in [6.45, 7) is 8.73. The van der Waals surface area contributed by atoms with Crippen molar-refractivity contribution in [3.8, 4) is 0 Å². The van der Waals surface area contributed by atoms with Gasteiger partial charge >= 0.3 is 0 Å².